The van der Waals surface area contributed by atoms with Crippen LogP contribution in [0.15, 0.2) is 42.5 Å². The molecule has 0 aromatic heterocycles. The van der Waals surface area contributed by atoms with Gasteiger partial charge in [-0.15, -0.1) is 0 Å². The zero-order chi connectivity index (χ0) is 18.8. The van der Waals surface area contributed by atoms with Crippen molar-refractivity contribution in [3.63, 3.8) is 0 Å². The number of anilines is 1. The number of carbonyl (C=O) groups is 1. The number of hydrogen-bond acceptors (Lipinski definition) is 4. The van der Waals surface area contributed by atoms with Crippen LogP contribution in [0, 0.1) is 5.92 Å². The van der Waals surface area contributed by atoms with E-state index in [0.717, 1.165) is 37.2 Å². The minimum absolute atomic E-state index is 0.0407. The second-order valence-corrected chi connectivity index (χ2v) is 7.36. The fourth-order valence-electron chi connectivity index (χ4n) is 3.90. The summed E-state index contributed by atoms with van der Waals surface area (Å²) in [4.78, 5) is 13.0. The van der Waals surface area contributed by atoms with E-state index < -0.39 is 0 Å². The van der Waals surface area contributed by atoms with Crippen molar-refractivity contribution in [3.8, 4) is 5.75 Å². The van der Waals surface area contributed by atoms with Gasteiger partial charge in [0.05, 0.1) is 5.69 Å². The number of fused-ring (bicyclic) bond motifs is 1. The second-order valence-electron chi connectivity index (χ2n) is 6.96. The topological polar surface area (TPSA) is 42.0 Å². The molecule has 2 aliphatic rings. The highest BCUT2D eigenvalue weighted by Gasteiger charge is 2.37. The van der Waals surface area contributed by atoms with Gasteiger partial charge in [0.1, 0.15) is 5.75 Å². The minimum atomic E-state index is -0.0407. The van der Waals surface area contributed by atoms with Gasteiger partial charge in [0, 0.05) is 31.1 Å². The summed E-state index contributed by atoms with van der Waals surface area (Å²) in [5.74, 6) is 0.808. The molecular formula is C21H23ClN2O3. The van der Waals surface area contributed by atoms with Gasteiger partial charge in [-0.1, -0.05) is 35.9 Å². The summed E-state index contributed by atoms with van der Waals surface area (Å²) >= 11 is 6.41. The number of halogens is 1. The number of rotatable bonds is 6. The minimum Gasteiger partial charge on any atom is -0.468 e. The highest BCUT2D eigenvalue weighted by molar-refractivity contribution is 6.31. The van der Waals surface area contributed by atoms with Gasteiger partial charge in [-0.25, -0.2) is 0 Å². The van der Waals surface area contributed by atoms with Crippen LogP contribution in [0.1, 0.15) is 17.5 Å². The third-order valence-electron chi connectivity index (χ3n) is 5.28. The first-order valence-electron chi connectivity index (χ1n) is 9.24. The Hall–Kier alpha value is -2.24. The van der Waals surface area contributed by atoms with Gasteiger partial charge in [-0.2, -0.15) is 0 Å². The predicted molar refractivity (Wildman–Crippen MR) is 105 cm³/mol. The molecule has 0 radical (unpaired) electrons. The molecule has 6 heteroatoms. The molecule has 1 fully saturated rings. The SMILES string of the molecule is COCOc1ccc(CC2CCN(N3CCc4ccccc43)C2=O)c(Cl)c1. The van der Waals surface area contributed by atoms with Crippen LogP contribution >= 0.6 is 11.6 Å². The van der Waals surface area contributed by atoms with Crippen LogP contribution in [-0.2, 0) is 22.4 Å². The summed E-state index contributed by atoms with van der Waals surface area (Å²) < 4.78 is 10.3. The molecule has 27 heavy (non-hydrogen) atoms. The van der Waals surface area contributed by atoms with Crippen molar-refractivity contribution in [1.29, 1.82) is 0 Å². The number of ether oxygens (including phenoxy) is 2. The van der Waals surface area contributed by atoms with Gasteiger partial charge in [-0.3, -0.25) is 14.8 Å². The lowest BCUT2D eigenvalue weighted by atomic mass is 9.98. The Morgan fingerprint density at radius 2 is 2.00 bits per heavy atom. The van der Waals surface area contributed by atoms with Crippen molar-refractivity contribution < 1.29 is 14.3 Å². The molecule has 1 atom stereocenters. The van der Waals surface area contributed by atoms with Crippen molar-refractivity contribution in [2.24, 2.45) is 5.92 Å². The molecule has 2 aromatic carbocycles. The molecule has 4 rings (SSSR count). The molecule has 0 N–H and O–H groups in total. The molecule has 2 aliphatic heterocycles. The Kier molecular flexibility index (Phi) is 5.23. The average molecular weight is 387 g/mol. The standard InChI is InChI=1S/C21H23ClN2O3/c1-26-14-27-18-7-6-16(19(22)13-18)12-17-9-11-24(21(17)25)23-10-8-15-4-2-3-5-20(15)23/h2-7,13,17H,8-12,14H2,1H3. The highest BCUT2D eigenvalue weighted by Crippen LogP contribution is 2.34. The van der Waals surface area contributed by atoms with E-state index in [1.807, 2.05) is 23.2 Å². The first-order valence-corrected chi connectivity index (χ1v) is 9.62. The maximum absolute atomic E-state index is 13.0. The van der Waals surface area contributed by atoms with E-state index in [1.165, 1.54) is 5.56 Å². The maximum Gasteiger partial charge on any atom is 0.244 e. The van der Waals surface area contributed by atoms with E-state index in [4.69, 9.17) is 21.1 Å². The summed E-state index contributed by atoms with van der Waals surface area (Å²) in [6, 6.07) is 13.9. The van der Waals surface area contributed by atoms with E-state index >= 15 is 0 Å². The molecule has 0 aliphatic carbocycles. The fourth-order valence-corrected chi connectivity index (χ4v) is 4.15. The fraction of sp³-hybridized carbons (Fsp3) is 0.381. The van der Waals surface area contributed by atoms with Gasteiger partial charge in [0.15, 0.2) is 6.79 Å². The van der Waals surface area contributed by atoms with Crippen LogP contribution in [0.3, 0.4) is 0 Å². The summed E-state index contributed by atoms with van der Waals surface area (Å²) in [6.45, 7) is 1.80. The van der Waals surface area contributed by atoms with E-state index in [2.05, 4.69) is 23.2 Å². The van der Waals surface area contributed by atoms with E-state index in [1.54, 1.807) is 13.2 Å². The van der Waals surface area contributed by atoms with Crippen molar-refractivity contribution in [1.82, 2.24) is 5.01 Å². The maximum atomic E-state index is 13.0. The van der Waals surface area contributed by atoms with Crippen LogP contribution < -0.4 is 9.75 Å². The Bertz CT molecular complexity index is 842. The normalized spacial score (nSPS) is 18.9. The van der Waals surface area contributed by atoms with Crippen LogP contribution in [0.2, 0.25) is 5.02 Å². The summed E-state index contributed by atoms with van der Waals surface area (Å²) in [5.41, 5.74) is 3.44. The first kappa shape index (κ1) is 18.1. The Morgan fingerprint density at radius 1 is 1.15 bits per heavy atom. The number of nitrogens with zero attached hydrogens (tertiary/aromatic N) is 2. The van der Waals surface area contributed by atoms with E-state index in [9.17, 15) is 4.79 Å². The number of hydrazine groups is 1. The van der Waals surface area contributed by atoms with Gasteiger partial charge in [-0.05, 0) is 48.6 Å². The third-order valence-corrected chi connectivity index (χ3v) is 5.63. The predicted octanol–water partition coefficient (Wildman–Crippen LogP) is 3.69. The quantitative estimate of drug-likeness (QED) is 0.710. The Morgan fingerprint density at radius 3 is 2.81 bits per heavy atom. The third kappa shape index (κ3) is 3.62. The monoisotopic (exact) mass is 386 g/mol. The number of methoxy groups -OCH3 is 1. The molecule has 5 nitrogen and oxygen atoms in total. The van der Waals surface area contributed by atoms with Crippen molar-refractivity contribution in [2.75, 3.05) is 32.0 Å². The molecule has 0 bridgehead atoms. The summed E-state index contributed by atoms with van der Waals surface area (Å²) in [7, 11) is 1.58. The highest BCUT2D eigenvalue weighted by atomic mass is 35.5. The molecule has 1 amide bonds. The van der Waals surface area contributed by atoms with Gasteiger partial charge in [0.25, 0.3) is 0 Å². The van der Waals surface area contributed by atoms with Crippen LogP contribution in [-0.4, -0.2) is 37.9 Å². The van der Waals surface area contributed by atoms with E-state index in [-0.39, 0.29) is 18.6 Å². The second kappa shape index (κ2) is 7.79. The van der Waals surface area contributed by atoms with Gasteiger partial charge >= 0.3 is 0 Å². The summed E-state index contributed by atoms with van der Waals surface area (Å²) in [5, 5.41) is 4.68. The lowest BCUT2D eigenvalue weighted by Crippen LogP contribution is -2.43. The van der Waals surface area contributed by atoms with Crippen molar-refractivity contribution in [2.45, 2.75) is 19.3 Å². The lowest BCUT2D eigenvalue weighted by molar-refractivity contribution is -0.131. The zero-order valence-corrected chi connectivity index (χ0v) is 16.1. The van der Waals surface area contributed by atoms with Gasteiger partial charge in [0.2, 0.25) is 5.91 Å². The molecule has 0 spiro atoms. The lowest BCUT2D eigenvalue weighted by Gasteiger charge is -2.30. The van der Waals surface area contributed by atoms with E-state index in [0.29, 0.717) is 17.2 Å². The molecular weight excluding hydrogens is 364 g/mol. The van der Waals surface area contributed by atoms with Crippen LogP contribution in [0.4, 0.5) is 5.69 Å². The molecule has 1 unspecified atom stereocenters. The first-order chi connectivity index (χ1) is 13.2. The van der Waals surface area contributed by atoms with Crippen LogP contribution in [0.5, 0.6) is 5.75 Å². The molecule has 1 saturated heterocycles. The largest absolute Gasteiger partial charge is 0.468 e. The zero-order valence-electron chi connectivity index (χ0n) is 15.4. The Labute approximate surface area is 164 Å². The molecule has 142 valence electrons. The molecule has 2 aromatic rings. The smallest absolute Gasteiger partial charge is 0.244 e. The van der Waals surface area contributed by atoms with Crippen LogP contribution in [0.25, 0.3) is 0 Å². The van der Waals surface area contributed by atoms with Crippen molar-refractivity contribution >= 4 is 23.2 Å². The summed E-state index contributed by atoms with van der Waals surface area (Å²) in [6.07, 6.45) is 2.48. The average Bonchev–Trinajstić information content (AvgIpc) is 3.25. The Balaban J connectivity index is 1.44. The van der Waals surface area contributed by atoms with Gasteiger partial charge < -0.3 is 9.47 Å². The number of hydrogen-bond donors (Lipinski definition) is 0. The molecule has 0 saturated carbocycles. The van der Waals surface area contributed by atoms with Crippen molar-refractivity contribution in [3.05, 3.63) is 58.6 Å². The number of benzene rings is 2. The number of amides is 1. The number of carbonyl (C=O) groups excluding carboxylic acids is 1. The molecule has 2 heterocycles. The number of para-hydroxylation sites is 1.